The fourth-order valence-electron chi connectivity index (χ4n) is 1.50. The van der Waals surface area contributed by atoms with Crippen LogP contribution in [-0.2, 0) is 9.22 Å². The molecule has 2 nitrogen and oxygen atoms in total. The van der Waals surface area contributed by atoms with Gasteiger partial charge in [0.25, 0.3) is 0 Å². The Labute approximate surface area is 75.4 Å². The van der Waals surface area contributed by atoms with E-state index in [-0.39, 0.29) is 6.10 Å². The zero-order valence-corrected chi connectivity index (χ0v) is 9.22. The van der Waals surface area contributed by atoms with E-state index in [2.05, 4.69) is 19.6 Å². The zero-order valence-electron chi connectivity index (χ0n) is 8.22. The highest BCUT2D eigenvalue weighted by Gasteiger charge is 2.28. The predicted octanol–water partition coefficient (Wildman–Crippen LogP) is 2.35. The molecule has 0 N–H and O–H groups in total. The first-order chi connectivity index (χ1) is 5.49. The molecule has 0 aromatic rings. The third kappa shape index (κ3) is 3.07. The second kappa shape index (κ2) is 3.71. The van der Waals surface area contributed by atoms with Crippen LogP contribution >= 0.6 is 0 Å². The summed E-state index contributed by atoms with van der Waals surface area (Å²) >= 11 is 0. The second-order valence-corrected chi connectivity index (χ2v) is 8.89. The molecule has 0 bridgehead atoms. The molecule has 1 atom stereocenters. The van der Waals surface area contributed by atoms with Gasteiger partial charge in [0.2, 0.25) is 0 Å². The van der Waals surface area contributed by atoms with Crippen LogP contribution in [0.3, 0.4) is 0 Å². The summed E-state index contributed by atoms with van der Waals surface area (Å²) in [4.78, 5) is 11.4. The number of ketones is 1. The topological polar surface area (TPSA) is 26.3 Å². The molecule has 0 heterocycles. The summed E-state index contributed by atoms with van der Waals surface area (Å²) in [6.07, 6.45) is 3.83. The van der Waals surface area contributed by atoms with E-state index < -0.39 is 8.32 Å². The largest absolute Gasteiger partial charge is 0.408 e. The van der Waals surface area contributed by atoms with Gasteiger partial charge >= 0.3 is 0 Å². The van der Waals surface area contributed by atoms with E-state index in [0.717, 1.165) is 25.7 Å². The van der Waals surface area contributed by atoms with Crippen molar-refractivity contribution in [1.29, 1.82) is 0 Å². The minimum absolute atomic E-state index is 0.0644. The Bertz CT molecular complexity index is 172. The van der Waals surface area contributed by atoms with E-state index in [1.54, 1.807) is 0 Å². The Morgan fingerprint density at radius 2 is 2.00 bits per heavy atom. The minimum Gasteiger partial charge on any atom is -0.408 e. The summed E-state index contributed by atoms with van der Waals surface area (Å²) in [5, 5.41) is 0. The smallest absolute Gasteiger partial charge is 0.184 e. The lowest BCUT2D eigenvalue weighted by molar-refractivity contribution is -0.128. The molecule has 0 unspecified atom stereocenters. The van der Waals surface area contributed by atoms with Crippen molar-refractivity contribution in [3.05, 3.63) is 0 Å². The Kier molecular flexibility index (Phi) is 3.07. The van der Waals surface area contributed by atoms with E-state index in [1.165, 1.54) is 0 Å². The molecular weight excluding hydrogens is 168 g/mol. The van der Waals surface area contributed by atoms with Gasteiger partial charge in [-0.2, -0.15) is 0 Å². The number of rotatable bonds is 2. The normalized spacial score (nSPS) is 25.9. The maximum absolute atomic E-state index is 11.4. The fourth-order valence-corrected chi connectivity index (χ4v) is 2.61. The molecule has 0 saturated heterocycles. The number of hydrogen-bond donors (Lipinski definition) is 0. The molecular formula is C9H18O2Si. The first kappa shape index (κ1) is 9.93. The Balaban J connectivity index is 2.45. The van der Waals surface area contributed by atoms with Gasteiger partial charge in [-0.1, -0.05) is 6.42 Å². The molecule has 70 valence electrons. The Morgan fingerprint density at radius 3 is 2.50 bits per heavy atom. The van der Waals surface area contributed by atoms with Crippen LogP contribution in [0.2, 0.25) is 19.6 Å². The maximum Gasteiger partial charge on any atom is 0.184 e. The quantitative estimate of drug-likeness (QED) is 0.619. The lowest BCUT2D eigenvalue weighted by Gasteiger charge is -2.27. The fraction of sp³-hybridized carbons (Fsp3) is 0.889. The van der Waals surface area contributed by atoms with E-state index >= 15 is 0 Å². The SMILES string of the molecule is C[Si](C)(C)O[C@H]1CCCCC1=O. The predicted molar refractivity (Wildman–Crippen MR) is 51.7 cm³/mol. The summed E-state index contributed by atoms with van der Waals surface area (Å²) < 4.78 is 5.78. The van der Waals surface area contributed by atoms with Crippen molar-refractivity contribution >= 4 is 14.1 Å². The van der Waals surface area contributed by atoms with Gasteiger partial charge in [-0.25, -0.2) is 0 Å². The Morgan fingerprint density at radius 1 is 1.33 bits per heavy atom. The number of hydrogen-bond acceptors (Lipinski definition) is 2. The third-order valence-electron chi connectivity index (χ3n) is 1.99. The van der Waals surface area contributed by atoms with Crippen LogP contribution in [0.5, 0.6) is 0 Å². The summed E-state index contributed by atoms with van der Waals surface area (Å²) in [5.41, 5.74) is 0. The average Bonchev–Trinajstić information content (AvgIpc) is 1.91. The van der Waals surface area contributed by atoms with Gasteiger partial charge in [-0.3, -0.25) is 4.79 Å². The first-order valence-corrected chi connectivity index (χ1v) is 8.10. The molecule has 1 aliphatic carbocycles. The molecule has 1 saturated carbocycles. The Hall–Kier alpha value is -0.153. The van der Waals surface area contributed by atoms with Crippen LogP contribution in [-0.4, -0.2) is 20.2 Å². The monoisotopic (exact) mass is 186 g/mol. The van der Waals surface area contributed by atoms with Crippen molar-refractivity contribution in [2.45, 2.75) is 51.4 Å². The van der Waals surface area contributed by atoms with E-state index in [0.29, 0.717) is 5.78 Å². The van der Waals surface area contributed by atoms with Crippen molar-refractivity contribution in [3.8, 4) is 0 Å². The molecule has 0 aromatic heterocycles. The van der Waals surface area contributed by atoms with Crippen LogP contribution in [0.4, 0.5) is 0 Å². The summed E-state index contributed by atoms with van der Waals surface area (Å²) in [6.45, 7) is 6.40. The van der Waals surface area contributed by atoms with Crippen molar-refractivity contribution < 1.29 is 9.22 Å². The van der Waals surface area contributed by atoms with Crippen LogP contribution in [0, 0.1) is 0 Å². The number of carbonyl (C=O) groups is 1. The van der Waals surface area contributed by atoms with Crippen molar-refractivity contribution in [2.24, 2.45) is 0 Å². The highest BCUT2D eigenvalue weighted by molar-refractivity contribution is 6.69. The van der Waals surface area contributed by atoms with Crippen LogP contribution in [0.15, 0.2) is 0 Å². The average molecular weight is 186 g/mol. The van der Waals surface area contributed by atoms with Gasteiger partial charge in [0, 0.05) is 6.42 Å². The summed E-state index contributed by atoms with van der Waals surface area (Å²) in [6, 6.07) is 0. The molecule has 1 aliphatic rings. The van der Waals surface area contributed by atoms with Crippen molar-refractivity contribution in [3.63, 3.8) is 0 Å². The first-order valence-electron chi connectivity index (χ1n) is 4.69. The van der Waals surface area contributed by atoms with Crippen molar-refractivity contribution in [2.75, 3.05) is 0 Å². The van der Waals surface area contributed by atoms with Crippen molar-refractivity contribution in [1.82, 2.24) is 0 Å². The van der Waals surface area contributed by atoms with Crippen LogP contribution in [0.25, 0.3) is 0 Å². The van der Waals surface area contributed by atoms with Gasteiger partial charge in [0.15, 0.2) is 14.1 Å². The molecule has 0 aromatic carbocycles. The minimum atomic E-state index is -1.51. The lowest BCUT2D eigenvalue weighted by atomic mass is 9.97. The number of Topliss-reactive ketones (excluding diaryl/α,β-unsaturated/α-hetero) is 1. The van der Waals surface area contributed by atoms with Gasteiger partial charge in [-0.15, -0.1) is 0 Å². The standard InChI is InChI=1S/C9H18O2Si/c1-12(2,3)11-9-7-5-4-6-8(9)10/h9H,4-7H2,1-3H3/t9-/m0/s1. The lowest BCUT2D eigenvalue weighted by Crippen LogP contribution is -2.38. The molecule has 0 aliphatic heterocycles. The summed E-state index contributed by atoms with van der Waals surface area (Å²) in [5.74, 6) is 0.323. The highest BCUT2D eigenvalue weighted by Crippen LogP contribution is 2.20. The van der Waals surface area contributed by atoms with Crippen LogP contribution in [0.1, 0.15) is 25.7 Å². The van der Waals surface area contributed by atoms with E-state index in [9.17, 15) is 4.79 Å². The number of carbonyl (C=O) groups excluding carboxylic acids is 1. The molecule has 12 heavy (non-hydrogen) atoms. The molecule has 1 fully saturated rings. The molecule has 0 radical (unpaired) electrons. The second-order valence-electron chi connectivity index (χ2n) is 4.43. The van der Waals surface area contributed by atoms with E-state index in [1.807, 2.05) is 0 Å². The highest BCUT2D eigenvalue weighted by atomic mass is 28.4. The molecule has 1 rings (SSSR count). The van der Waals surface area contributed by atoms with Gasteiger partial charge < -0.3 is 4.43 Å². The van der Waals surface area contributed by atoms with Crippen LogP contribution < -0.4 is 0 Å². The summed E-state index contributed by atoms with van der Waals surface area (Å²) in [7, 11) is -1.51. The van der Waals surface area contributed by atoms with E-state index in [4.69, 9.17) is 4.43 Å². The zero-order chi connectivity index (χ0) is 9.19. The maximum atomic E-state index is 11.4. The third-order valence-corrected chi connectivity index (χ3v) is 2.99. The molecule has 3 heteroatoms. The van der Waals surface area contributed by atoms with Gasteiger partial charge in [0.1, 0.15) is 6.10 Å². The van der Waals surface area contributed by atoms with Gasteiger partial charge in [0.05, 0.1) is 0 Å². The molecule has 0 spiro atoms. The molecule has 0 amide bonds. The van der Waals surface area contributed by atoms with Gasteiger partial charge in [-0.05, 0) is 32.5 Å².